The SMILES string of the molecule is CCc1sc(NC(=O)C2CCCCC2)nc1-c1ccc2c(c1)N(C)C(=O)CO2. The van der Waals surface area contributed by atoms with E-state index < -0.39 is 0 Å². The third kappa shape index (κ3) is 3.63. The normalized spacial score (nSPS) is 17.2. The summed E-state index contributed by atoms with van der Waals surface area (Å²) in [5.41, 5.74) is 2.53. The van der Waals surface area contributed by atoms with Gasteiger partial charge in [0.05, 0.1) is 11.4 Å². The first-order valence-corrected chi connectivity index (χ1v) is 10.7. The smallest absolute Gasteiger partial charge is 0.264 e. The first kappa shape index (κ1) is 18.9. The van der Waals surface area contributed by atoms with Crippen LogP contribution in [0.1, 0.15) is 43.9 Å². The maximum atomic E-state index is 12.6. The molecule has 28 heavy (non-hydrogen) atoms. The topological polar surface area (TPSA) is 71.5 Å². The molecule has 7 heteroatoms. The van der Waals surface area contributed by atoms with E-state index in [2.05, 4.69) is 12.2 Å². The number of aryl methyl sites for hydroxylation is 1. The highest BCUT2D eigenvalue weighted by Crippen LogP contribution is 2.38. The molecule has 0 bridgehead atoms. The van der Waals surface area contributed by atoms with Gasteiger partial charge in [-0.25, -0.2) is 4.98 Å². The van der Waals surface area contributed by atoms with Crippen LogP contribution in [0.15, 0.2) is 18.2 Å². The first-order valence-electron chi connectivity index (χ1n) is 9.91. The average Bonchev–Trinajstić information content (AvgIpc) is 3.14. The number of hydrogen-bond acceptors (Lipinski definition) is 5. The summed E-state index contributed by atoms with van der Waals surface area (Å²) in [4.78, 5) is 32.0. The summed E-state index contributed by atoms with van der Waals surface area (Å²) >= 11 is 1.53. The van der Waals surface area contributed by atoms with Gasteiger partial charge >= 0.3 is 0 Å². The number of aromatic nitrogens is 1. The molecular formula is C21H25N3O3S. The van der Waals surface area contributed by atoms with Crippen LogP contribution < -0.4 is 15.0 Å². The summed E-state index contributed by atoms with van der Waals surface area (Å²) in [6, 6.07) is 5.78. The van der Waals surface area contributed by atoms with Gasteiger partial charge in [0.15, 0.2) is 11.7 Å². The van der Waals surface area contributed by atoms with Crippen molar-refractivity contribution in [2.45, 2.75) is 45.4 Å². The van der Waals surface area contributed by atoms with Crippen LogP contribution in [0.3, 0.4) is 0 Å². The Kier molecular flexibility index (Phi) is 5.35. The first-order chi connectivity index (χ1) is 13.6. The average molecular weight is 400 g/mol. The van der Waals surface area contributed by atoms with Gasteiger partial charge in [0.25, 0.3) is 5.91 Å². The zero-order valence-corrected chi connectivity index (χ0v) is 17.1. The van der Waals surface area contributed by atoms with Gasteiger partial charge in [-0.05, 0) is 37.5 Å². The molecule has 4 rings (SSSR count). The summed E-state index contributed by atoms with van der Waals surface area (Å²) in [5, 5.41) is 3.69. The number of hydrogen-bond donors (Lipinski definition) is 1. The van der Waals surface area contributed by atoms with Gasteiger partial charge < -0.3 is 15.0 Å². The molecule has 2 aliphatic rings. The summed E-state index contributed by atoms with van der Waals surface area (Å²) in [6.07, 6.45) is 6.25. The van der Waals surface area contributed by atoms with E-state index >= 15 is 0 Å². The Hall–Kier alpha value is -2.41. The molecule has 2 amide bonds. The Morgan fingerprint density at radius 3 is 2.86 bits per heavy atom. The zero-order chi connectivity index (χ0) is 19.7. The number of fused-ring (bicyclic) bond motifs is 1. The minimum absolute atomic E-state index is 0.0666. The van der Waals surface area contributed by atoms with E-state index in [4.69, 9.17) is 9.72 Å². The molecule has 0 atom stereocenters. The van der Waals surface area contributed by atoms with E-state index in [-0.39, 0.29) is 24.3 Å². The number of rotatable bonds is 4. The summed E-state index contributed by atoms with van der Waals surface area (Å²) in [6.45, 7) is 2.15. The van der Waals surface area contributed by atoms with Crippen molar-refractivity contribution in [3.05, 3.63) is 23.1 Å². The van der Waals surface area contributed by atoms with Crippen LogP contribution in [-0.2, 0) is 16.0 Å². The van der Waals surface area contributed by atoms with E-state index in [0.717, 1.165) is 53.9 Å². The molecular weight excluding hydrogens is 374 g/mol. The zero-order valence-electron chi connectivity index (χ0n) is 16.3. The number of carbonyl (C=O) groups is 2. The number of benzene rings is 1. The van der Waals surface area contributed by atoms with Crippen LogP contribution in [0.25, 0.3) is 11.3 Å². The predicted molar refractivity (Wildman–Crippen MR) is 111 cm³/mol. The van der Waals surface area contributed by atoms with E-state index in [1.807, 2.05) is 18.2 Å². The number of amides is 2. The Balaban J connectivity index is 1.60. The van der Waals surface area contributed by atoms with E-state index in [0.29, 0.717) is 10.9 Å². The Morgan fingerprint density at radius 2 is 2.11 bits per heavy atom. The maximum Gasteiger partial charge on any atom is 0.264 e. The van der Waals surface area contributed by atoms with Crippen molar-refractivity contribution < 1.29 is 14.3 Å². The number of ether oxygens (including phenoxy) is 1. The van der Waals surface area contributed by atoms with Gasteiger partial charge in [0.2, 0.25) is 5.91 Å². The van der Waals surface area contributed by atoms with Crippen molar-refractivity contribution in [1.29, 1.82) is 0 Å². The molecule has 1 aromatic carbocycles. The molecule has 2 aromatic rings. The second-order valence-electron chi connectivity index (χ2n) is 7.39. The van der Waals surface area contributed by atoms with Crippen LogP contribution >= 0.6 is 11.3 Å². The van der Waals surface area contributed by atoms with Crippen molar-refractivity contribution in [1.82, 2.24) is 4.98 Å². The van der Waals surface area contributed by atoms with E-state index in [1.165, 1.54) is 17.8 Å². The monoisotopic (exact) mass is 399 g/mol. The van der Waals surface area contributed by atoms with Crippen molar-refractivity contribution in [2.75, 3.05) is 23.9 Å². The Bertz CT molecular complexity index is 902. The number of nitrogens with zero attached hydrogens (tertiary/aromatic N) is 2. The lowest BCUT2D eigenvalue weighted by Gasteiger charge is -2.26. The van der Waals surface area contributed by atoms with E-state index in [9.17, 15) is 9.59 Å². The Labute approximate surface area is 168 Å². The van der Waals surface area contributed by atoms with Gasteiger partial charge in [-0.15, -0.1) is 11.3 Å². The lowest BCUT2D eigenvalue weighted by atomic mass is 9.89. The summed E-state index contributed by atoms with van der Waals surface area (Å²) in [5.74, 6) is 0.822. The summed E-state index contributed by atoms with van der Waals surface area (Å²) < 4.78 is 5.51. The molecule has 0 spiro atoms. The second-order valence-corrected chi connectivity index (χ2v) is 8.48. The molecule has 0 radical (unpaired) electrons. The lowest BCUT2D eigenvalue weighted by Crippen LogP contribution is -2.35. The van der Waals surface area contributed by atoms with Gasteiger partial charge in [-0.3, -0.25) is 9.59 Å². The number of carbonyl (C=O) groups excluding carboxylic acids is 2. The largest absolute Gasteiger partial charge is 0.482 e. The number of likely N-dealkylation sites (N-methyl/N-ethyl adjacent to an activating group) is 1. The molecule has 1 fully saturated rings. The maximum absolute atomic E-state index is 12.6. The predicted octanol–water partition coefficient (Wildman–Crippen LogP) is 4.25. The fourth-order valence-electron chi connectivity index (χ4n) is 3.86. The lowest BCUT2D eigenvalue weighted by molar-refractivity contribution is -0.121. The molecule has 1 aliphatic carbocycles. The van der Waals surface area contributed by atoms with Crippen LogP contribution in [0.2, 0.25) is 0 Å². The van der Waals surface area contributed by atoms with Crippen molar-refractivity contribution in [2.24, 2.45) is 5.92 Å². The second kappa shape index (κ2) is 7.91. The van der Waals surface area contributed by atoms with Gasteiger partial charge in [-0.1, -0.05) is 26.2 Å². The molecule has 148 valence electrons. The highest BCUT2D eigenvalue weighted by atomic mass is 32.1. The number of thiazole rings is 1. The highest BCUT2D eigenvalue weighted by molar-refractivity contribution is 7.16. The molecule has 1 aromatic heterocycles. The Morgan fingerprint density at radius 1 is 1.32 bits per heavy atom. The highest BCUT2D eigenvalue weighted by Gasteiger charge is 2.25. The minimum atomic E-state index is -0.0703. The van der Waals surface area contributed by atoms with Crippen molar-refractivity contribution >= 4 is 34.0 Å². The standard InChI is InChI=1S/C21H25N3O3S/c1-3-17-19(14-9-10-16-15(11-14)24(2)18(25)12-27-16)22-21(28-17)23-20(26)13-7-5-4-6-8-13/h9-11,13H,3-8,12H2,1-2H3,(H,22,23,26). The van der Waals surface area contributed by atoms with Crippen molar-refractivity contribution in [3.8, 4) is 17.0 Å². The van der Waals surface area contributed by atoms with E-state index in [1.54, 1.807) is 11.9 Å². The fraction of sp³-hybridized carbons (Fsp3) is 0.476. The van der Waals surface area contributed by atoms with Crippen LogP contribution in [0, 0.1) is 5.92 Å². The molecule has 6 nitrogen and oxygen atoms in total. The van der Waals surface area contributed by atoms with Crippen molar-refractivity contribution in [3.63, 3.8) is 0 Å². The van der Waals surface area contributed by atoms with Gasteiger partial charge in [-0.2, -0.15) is 0 Å². The number of nitrogens with one attached hydrogen (secondary N) is 1. The molecule has 1 N–H and O–H groups in total. The molecule has 2 heterocycles. The van der Waals surface area contributed by atoms with Crippen LogP contribution in [-0.4, -0.2) is 30.5 Å². The number of anilines is 2. The van der Waals surface area contributed by atoms with Crippen LogP contribution in [0.5, 0.6) is 5.75 Å². The molecule has 0 saturated heterocycles. The minimum Gasteiger partial charge on any atom is -0.482 e. The quantitative estimate of drug-likeness (QED) is 0.834. The molecule has 0 unspecified atom stereocenters. The van der Waals surface area contributed by atoms with Gasteiger partial charge in [0.1, 0.15) is 5.75 Å². The molecule has 1 saturated carbocycles. The fourth-order valence-corrected chi connectivity index (χ4v) is 4.79. The van der Waals surface area contributed by atoms with Gasteiger partial charge in [0, 0.05) is 23.4 Å². The summed E-state index contributed by atoms with van der Waals surface area (Å²) in [7, 11) is 1.76. The van der Waals surface area contributed by atoms with Crippen LogP contribution in [0.4, 0.5) is 10.8 Å². The molecule has 1 aliphatic heterocycles. The third-order valence-corrected chi connectivity index (χ3v) is 6.66. The third-order valence-electron chi connectivity index (χ3n) is 5.54.